The van der Waals surface area contributed by atoms with Crippen LogP contribution in [0.25, 0.3) is 0 Å². The van der Waals surface area contributed by atoms with Gasteiger partial charge in [-0.2, -0.15) is 0 Å². The lowest BCUT2D eigenvalue weighted by Gasteiger charge is -2.18. The van der Waals surface area contributed by atoms with E-state index in [9.17, 15) is 14.0 Å². The van der Waals surface area contributed by atoms with E-state index in [1.54, 1.807) is 36.7 Å². The largest absolute Gasteiger partial charge is 0.350 e. The van der Waals surface area contributed by atoms with Gasteiger partial charge < -0.3 is 10.2 Å². The molecular weight excluding hydrogens is 311 g/mol. The second-order valence-electron chi connectivity index (χ2n) is 5.45. The van der Waals surface area contributed by atoms with Crippen LogP contribution in [0.1, 0.15) is 5.56 Å². The van der Waals surface area contributed by atoms with E-state index in [1.807, 2.05) is 6.07 Å². The maximum Gasteiger partial charge on any atom is 0.325 e. The van der Waals surface area contributed by atoms with Gasteiger partial charge in [-0.15, -0.1) is 0 Å². The van der Waals surface area contributed by atoms with E-state index >= 15 is 0 Å². The number of benzene rings is 1. The normalized spacial score (nSPS) is 14.1. The van der Waals surface area contributed by atoms with Crippen LogP contribution in [0.3, 0.4) is 0 Å². The number of carbonyl (C=O) groups is 2. The molecule has 1 aliphatic rings. The topological polar surface area (TPSA) is 65.5 Å². The minimum Gasteiger partial charge on any atom is -0.350 e. The summed E-state index contributed by atoms with van der Waals surface area (Å²) >= 11 is 0. The molecule has 0 bridgehead atoms. The Morgan fingerprint density at radius 1 is 1.21 bits per heavy atom. The van der Waals surface area contributed by atoms with Gasteiger partial charge in [0.2, 0.25) is 5.91 Å². The van der Waals surface area contributed by atoms with Gasteiger partial charge in [-0.25, -0.2) is 9.18 Å². The highest BCUT2D eigenvalue weighted by Gasteiger charge is 2.31. The molecule has 0 atom stereocenters. The Balaban J connectivity index is 1.56. The Bertz CT molecular complexity index is 738. The van der Waals surface area contributed by atoms with Crippen molar-refractivity contribution < 1.29 is 14.0 Å². The maximum atomic E-state index is 13.8. The number of rotatable bonds is 5. The second-order valence-corrected chi connectivity index (χ2v) is 5.45. The van der Waals surface area contributed by atoms with E-state index in [1.165, 1.54) is 15.9 Å². The van der Waals surface area contributed by atoms with Crippen LogP contribution in [0.15, 0.2) is 48.8 Å². The number of urea groups is 1. The predicted octanol–water partition coefficient (Wildman–Crippen LogP) is 1.78. The van der Waals surface area contributed by atoms with Crippen molar-refractivity contribution in [3.63, 3.8) is 0 Å². The van der Waals surface area contributed by atoms with Crippen molar-refractivity contribution in [1.82, 2.24) is 15.2 Å². The molecule has 6 nitrogen and oxygen atoms in total. The third kappa shape index (κ3) is 3.51. The minimum absolute atomic E-state index is 0.0515. The molecule has 2 heterocycles. The lowest BCUT2D eigenvalue weighted by Crippen LogP contribution is -2.39. The molecule has 1 aromatic heterocycles. The number of amides is 3. The van der Waals surface area contributed by atoms with E-state index in [0.29, 0.717) is 19.6 Å². The Hall–Kier alpha value is -2.96. The first-order valence-electron chi connectivity index (χ1n) is 7.62. The molecule has 1 saturated heterocycles. The molecular formula is C17H17FN4O2. The van der Waals surface area contributed by atoms with Crippen LogP contribution in [0.5, 0.6) is 0 Å². The monoisotopic (exact) mass is 328 g/mol. The number of nitrogens with one attached hydrogen (secondary N) is 1. The molecule has 0 unspecified atom stereocenters. The summed E-state index contributed by atoms with van der Waals surface area (Å²) in [7, 11) is 0. The average Bonchev–Trinajstić information content (AvgIpc) is 2.95. The van der Waals surface area contributed by atoms with E-state index in [0.717, 1.165) is 5.56 Å². The fourth-order valence-electron chi connectivity index (χ4n) is 2.56. The summed E-state index contributed by atoms with van der Waals surface area (Å²) in [5.41, 5.74) is 1.12. The zero-order valence-corrected chi connectivity index (χ0v) is 13.0. The van der Waals surface area contributed by atoms with E-state index < -0.39 is 5.82 Å². The van der Waals surface area contributed by atoms with Crippen molar-refractivity contribution in [2.24, 2.45) is 0 Å². The zero-order valence-electron chi connectivity index (χ0n) is 13.0. The van der Waals surface area contributed by atoms with Crippen LogP contribution in [-0.4, -0.2) is 41.5 Å². The molecule has 3 amide bonds. The summed E-state index contributed by atoms with van der Waals surface area (Å²) < 4.78 is 13.8. The molecule has 1 N–H and O–H groups in total. The fraction of sp³-hybridized carbons (Fsp3) is 0.235. The predicted molar refractivity (Wildman–Crippen MR) is 86.8 cm³/mol. The van der Waals surface area contributed by atoms with Gasteiger partial charge in [-0.05, 0) is 23.8 Å². The summed E-state index contributed by atoms with van der Waals surface area (Å²) in [6.07, 6.45) is 3.33. The Labute approximate surface area is 138 Å². The van der Waals surface area contributed by atoms with Gasteiger partial charge in [0.25, 0.3) is 0 Å². The summed E-state index contributed by atoms with van der Waals surface area (Å²) in [5.74, 6) is -0.712. The highest BCUT2D eigenvalue weighted by molar-refractivity contribution is 5.96. The molecule has 124 valence electrons. The molecule has 0 saturated carbocycles. The van der Waals surface area contributed by atoms with Crippen molar-refractivity contribution in [3.8, 4) is 0 Å². The van der Waals surface area contributed by atoms with Crippen LogP contribution >= 0.6 is 0 Å². The second kappa shape index (κ2) is 7.08. The smallest absolute Gasteiger partial charge is 0.325 e. The number of pyridine rings is 1. The number of para-hydroxylation sites is 1. The SMILES string of the molecule is O=C(CN1CCN(c2ccccc2F)C1=O)NCc1cccnc1. The van der Waals surface area contributed by atoms with Crippen molar-refractivity contribution in [2.75, 3.05) is 24.5 Å². The molecule has 7 heteroatoms. The Morgan fingerprint density at radius 2 is 2.04 bits per heavy atom. The fourth-order valence-corrected chi connectivity index (χ4v) is 2.56. The van der Waals surface area contributed by atoms with Gasteiger partial charge in [-0.3, -0.25) is 14.7 Å². The highest BCUT2D eigenvalue weighted by atomic mass is 19.1. The summed E-state index contributed by atoms with van der Waals surface area (Å²) in [4.78, 5) is 31.1. The highest BCUT2D eigenvalue weighted by Crippen LogP contribution is 2.23. The van der Waals surface area contributed by atoms with E-state index in [-0.39, 0.29) is 24.2 Å². The summed E-state index contributed by atoms with van der Waals surface area (Å²) in [6, 6.07) is 9.39. The van der Waals surface area contributed by atoms with Gasteiger partial charge in [-0.1, -0.05) is 18.2 Å². The van der Waals surface area contributed by atoms with Gasteiger partial charge in [0, 0.05) is 32.0 Å². The number of hydrogen-bond acceptors (Lipinski definition) is 3. The molecule has 1 aromatic carbocycles. The first-order valence-corrected chi connectivity index (χ1v) is 7.62. The summed E-state index contributed by atoms with van der Waals surface area (Å²) in [5, 5.41) is 2.75. The molecule has 0 aliphatic carbocycles. The Kier molecular flexibility index (Phi) is 4.69. The average molecular weight is 328 g/mol. The third-order valence-corrected chi connectivity index (χ3v) is 3.79. The number of aromatic nitrogens is 1. The van der Waals surface area contributed by atoms with Crippen molar-refractivity contribution >= 4 is 17.6 Å². The molecule has 1 aliphatic heterocycles. The van der Waals surface area contributed by atoms with Gasteiger partial charge >= 0.3 is 6.03 Å². The zero-order chi connectivity index (χ0) is 16.9. The number of anilines is 1. The molecule has 2 aromatic rings. The van der Waals surface area contributed by atoms with Crippen molar-refractivity contribution in [1.29, 1.82) is 0 Å². The van der Waals surface area contributed by atoms with Crippen LogP contribution in [-0.2, 0) is 11.3 Å². The van der Waals surface area contributed by atoms with Crippen LogP contribution < -0.4 is 10.2 Å². The molecule has 1 fully saturated rings. The third-order valence-electron chi connectivity index (χ3n) is 3.79. The van der Waals surface area contributed by atoms with Crippen LogP contribution in [0, 0.1) is 5.82 Å². The Morgan fingerprint density at radius 3 is 2.79 bits per heavy atom. The van der Waals surface area contributed by atoms with Crippen LogP contribution in [0.4, 0.5) is 14.9 Å². The number of hydrogen-bond donors (Lipinski definition) is 1. The quantitative estimate of drug-likeness (QED) is 0.910. The number of halogens is 1. The standard InChI is InChI=1S/C17H17FN4O2/c18-14-5-1-2-6-15(14)22-9-8-21(17(22)24)12-16(23)20-11-13-4-3-7-19-10-13/h1-7,10H,8-9,11-12H2,(H,20,23). The molecule has 0 spiro atoms. The van der Waals surface area contributed by atoms with Gasteiger partial charge in [0.15, 0.2) is 0 Å². The lowest BCUT2D eigenvalue weighted by atomic mass is 10.3. The maximum absolute atomic E-state index is 13.8. The molecule has 0 radical (unpaired) electrons. The minimum atomic E-state index is -0.450. The molecule has 3 rings (SSSR count). The van der Waals surface area contributed by atoms with E-state index in [4.69, 9.17) is 0 Å². The van der Waals surface area contributed by atoms with Crippen molar-refractivity contribution in [3.05, 3.63) is 60.2 Å². The number of carbonyl (C=O) groups excluding carboxylic acids is 2. The lowest BCUT2D eigenvalue weighted by molar-refractivity contribution is -0.121. The first kappa shape index (κ1) is 15.9. The molecule has 24 heavy (non-hydrogen) atoms. The summed E-state index contributed by atoms with van der Waals surface area (Å²) in [6.45, 7) is 1.04. The van der Waals surface area contributed by atoms with E-state index in [2.05, 4.69) is 10.3 Å². The van der Waals surface area contributed by atoms with Crippen LogP contribution in [0.2, 0.25) is 0 Å². The van der Waals surface area contributed by atoms with Crippen molar-refractivity contribution in [2.45, 2.75) is 6.54 Å². The first-order chi connectivity index (χ1) is 11.6. The van der Waals surface area contributed by atoms with Gasteiger partial charge in [0.1, 0.15) is 12.4 Å². The van der Waals surface area contributed by atoms with Gasteiger partial charge in [0.05, 0.1) is 5.69 Å². The number of nitrogens with zero attached hydrogens (tertiary/aromatic N) is 3.